The Bertz CT molecular complexity index is 141. The molecule has 64 valence electrons. The molecule has 0 aliphatic carbocycles. The molecule has 0 heterocycles. The zero-order valence-corrected chi connectivity index (χ0v) is 7.65. The highest BCUT2D eigenvalue weighted by atomic mass is 35.5. The van der Waals surface area contributed by atoms with Crippen molar-refractivity contribution in [3.8, 4) is 0 Å². The fourth-order valence-corrected chi connectivity index (χ4v) is 0.174. The van der Waals surface area contributed by atoms with E-state index in [0.29, 0.717) is 11.5 Å². The van der Waals surface area contributed by atoms with Crippen LogP contribution in [0.3, 0.4) is 0 Å². The molecule has 0 rings (SSSR count). The zero-order valence-electron chi connectivity index (χ0n) is 6.89. The van der Waals surface area contributed by atoms with Crippen LogP contribution < -0.4 is 0 Å². The largest absolute Gasteiger partial charge is 0.466 e. The summed E-state index contributed by atoms with van der Waals surface area (Å²) in [6.45, 7) is 8.30. The quantitative estimate of drug-likeness (QED) is 0.279. The summed E-state index contributed by atoms with van der Waals surface area (Å²) in [6, 6.07) is 0. The molecule has 0 aliphatic heterocycles. The maximum atomic E-state index is 10.2. The van der Waals surface area contributed by atoms with E-state index in [-0.39, 0.29) is 5.97 Å². The molecule has 0 saturated heterocycles. The van der Waals surface area contributed by atoms with E-state index in [1.54, 1.807) is 13.0 Å². The van der Waals surface area contributed by atoms with Crippen LogP contribution in [0.2, 0.25) is 0 Å². The molecule has 0 aromatic carbocycles. The van der Waals surface area contributed by atoms with Crippen molar-refractivity contribution < 1.29 is 9.53 Å². The minimum absolute atomic E-state index is 0.347. The number of esters is 1. The lowest BCUT2D eigenvalue weighted by Gasteiger charge is -1.91. The second-order valence-corrected chi connectivity index (χ2v) is 2.02. The van der Waals surface area contributed by atoms with Crippen LogP contribution in [-0.2, 0) is 9.53 Å². The van der Waals surface area contributed by atoms with Gasteiger partial charge in [-0.25, -0.2) is 4.79 Å². The second kappa shape index (κ2) is 9.24. The summed E-state index contributed by atoms with van der Waals surface area (Å²) in [7, 11) is 1.33. The number of carbonyl (C=O) groups is 1. The predicted octanol–water partition coefficient (Wildman–Crippen LogP) is 2.15. The number of ether oxygens (including phenoxy) is 1. The van der Waals surface area contributed by atoms with Crippen molar-refractivity contribution in [3.63, 3.8) is 0 Å². The summed E-state index contributed by atoms with van der Waals surface area (Å²) in [5, 5.41) is 0. The SMILES string of the molecule is C=C(C)C(=O)OC.C=CCCl. The Morgan fingerprint density at radius 2 is 2.09 bits per heavy atom. The number of rotatable bonds is 2. The van der Waals surface area contributed by atoms with Gasteiger partial charge in [-0.2, -0.15) is 0 Å². The fourth-order valence-electron chi connectivity index (χ4n) is 0.174. The molecule has 0 bridgehead atoms. The normalized spacial score (nSPS) is 7.18. The standard InChI is InChI=1S/C5H8O2.C3H5Cl/c1-4(2)5(6)7-3;1-2-3-4/h1H2,2-3H3;2H,1,3H2. The maximum Gasteiger partial charge on any atom is 0.332 e. The van der Waals surface area contributed by atoms with Gasteiger partial charge in [0, 0.05) is 11.5 Å². The molecule has 0 aliphatic rings. The first-order valence-corrected chi connectivity index (χ1v) is 3.54. The van der Waals surface area contributed by atoms with Gasteiger partial charge >= 0.3 is 5.97 Å². The van der Waals surface area contributed by atoms with Gasteiger partial charge in [0.15, 0.2) is 0 Å². The molecule has 0 aromatic heterocycles. The van der Waals surface area contributed by atoms with Gasteiger partial charge in [-0.3, -0.25) is 0 Å². The fraction of sp³-hybridized carbons (Fsp3) is 0.375. The summed E-state index contributed by atoms with van der Waals surface area (Å²) in [6.07, 6.45) is 1.64. The lowest BCUT2D eigenvalue weighted by Crippen LogP contribution is -1.98. The van der Waals surface area contributed by atoms with Crippen molar-refractivity contribution in [2.24, 2.45) is 0 Å². The van der Waals surface area contributed by atoms with E-state index in [4.69, 9.17) is 11.6 Å². The van der Waals surface area contributed by atoms with Gasteiger partial charge in [0.25, 0.3) is 0 Å². The topological polar surface area (TPSA) is 26.3 Å². The second-order valence-electron chi connectivity index (χ2n) is 1.71. The third-order valence-electron chi connectivity index (χ3n) is 0.643. The maximum absolute atomic E-state index is 10.2. The van der Waals surface area contributed by atoms with Gasteiger partial charge in [0.05, 0.1) is 7.11 Å². The van der Waals surface area contributed by atoms with Crippen LogP contribution >= 0.6 is 11.6 Å². The van der Waals surface area contributed by atoms with Crippen LogP contribution in [0.1, 0.15) is 6.92 Å². The van der Waals surface area contributed by atoms with Crippen molar-refractivity contribution in [3.05, 3.63) is 24.8 Å². The Hall–Kier alpha value is -0.760. The van der Waals surface area contributed by atoms with Gasteiger partial charge in [-0.15, -0.1) is 18.2 Å². The van der Waals surface area contributed by atoms with E-state index >= 15 is 0 Å². The van der Waals surface area contributed by atoms with Crippen molar-refractivity contribution in [2.75, 3.05) is 13.0 Å². The Labute approximate surface area is 72.5 Å². The van der Waals surface area contributed by atoms with Crippen molar-refractivity contribution in [2.45, 2.75) is 6.92 Å². The van der Waals surface area contributed by atoms with E-state index in [2.05, 4.69) is 17.9 Å². The minimum atomic E-state index is -0.347. The summed E-state index contributed by atoms with van der Waals surface area (Å²) in [5.41, 5.74) is 0.433. The summed E-state index contributed by atoms with van der Waals surface area (Å²) in [4.78, 5) is 10.2. The number of halogens is 1. The molecule has 0 fully saturated rings. The predicted molar refractivity (Wildman–Crippen MR) is 47.7 cm³/mol. The van der Waals surface area contributed by atoms with Gasteiger partial charge < -0.3 is 4.74 Å². The number of alkyl halides is 1. The molecule has 0 saturated carbocycles. The van der Waals surface area contributed by atoms with Crippen molar-refractivity contribution in [1.82, 2.24) is 0 Å². The van der Waals surface area contributed by atoms with E-state index in [9.17, 15) is 4.79 Å². The zero-order chi connectivity index (χ0) is 9.28. The van der Waals surface area contributed by atoms with Crippen LogP contribution in [-0.4, -0.2) is 19.0 Å². The first-order chi connectivity index (χ1) is 5.09. The number of carbonyl (C=O) groups excluding carboxylic acids is 1. The third-order valence-corrected chi connectivity index (χ3v) is 0.861. The van der Waals surface area contributed by atoms with Gasteiger partial charge in [0.2, 0.25) is 0 Å². The van der Waals surface area contributed by atoms with Crippen molar-refractivity contribution >= 4 is 17.6 Å². The number of methoxy groups -OCH3 is 1. The summed E-state index contributed by atoms with van der Waals surface area (Å²) >= 11 is 5.07. The molecular weight excluding hydrogens is 164 g/mol. The molecule has 0 aromatic rings. The average molecular weight is 177 g/mol. The first-order valence-electron chi connectivity index (χ1n) is 3.00. The molecule has 0 atom stereocenters. The minimum Gasteiger partial charge on any atom is -0.466 e. The Morgan fingerprint density at radius 3 is 2.09 bits per heavy atom. The highest BCUT2D eigenvalue weighted by Crippen LogP contribution is 1.87. The molecule has 0 radical (unpaired) electrons. The van der Waals surface area contributed by atoms with Gasteiger partial charge in [-0.1, -0.05) is 12.7 Å². The smallest absolute Gasteiger partial charge is 0.332 e. The summed E-state index contributed by atoms with van der Waals surface area (Å²) < 4.78 is 4.27. The highest BCUT2D eigenvalue weighted by molar-refractivity contribution is 6.18. The van der Waals surface area contributed by atoms with Crippen LogP contribution in [0.4, 0.5) is 0 Å². The summed E-state index contributed by atoms with van der Waals surface area (Å²) in [5.74, 6) is 0.208. The first kappa shape index (κ1) is 12.9. The lowest BCUT2D eigenvalue weighted by molar-refractivity contribution is -0.136. The van der Waals surface area contributed by atoms with Gasteiger partial charge in [-0.05, 0) is 6.92 Å². The lowest BCUT2D eigenvalue weighted by atomic mass is 10.4. The molecule has 0 N–H and O–H groups in total. The van der Waals surface area contributed by atoms with E-state index < -0.39 is 0 Å². The van der Waals surface area contributed by atoms with Crippen LogP contribution in [0.15, 0.2) is 24.8 Å². The molecular formula is C8H13ClO2. The van der Waals surface area contributed by atoms with Crippen LogP contribution in [0.5, 0.6) is 0 Å². The Balaban J connectivity index is 0. The Kier molecular flexibility index (Phi) is 10.8. The number of hydrogen-bond donors (Lipinski definition) is 0. The number of allylic oxidation sites excluding steroid dienone is 1. The van der Waals surface area contributed by atoms with Crippen LogP contribution in [0.25, 0.3) is 0 Å². The van der Waals surface area contributed by atoms with Gasteiger partial charge in [0.1, 0.15) is 0 Å². The van der Waals surface area contributed by atoms with E-state index in [1.165, 1.54) is 7.11 Å². The molecule has 0 spiro atoms. The molecule has 0 unspecified atom stereocenters. The van der Waals surface area contributed by atoms with E-state index in [1.807, 2.05) is 0 Å². The molecule has 3 heteroatoms. The van der Waals surface area contributed by atoms with E-state index in [0.717, 1.165) is 0 Å². The monoisotopic (exact) mass is 176 g/mol. The van der Waals surface area contributed by atoms with Crippen molar-refractivity contribution in [1.29, 1.82) is 0 Å². The average Bonchev–Trinajstić information content (AvgIpc) is 2.03. The Morgan fingerprint density at radius 1 is 1.73 bits per heavy atom. The molecule has 2 nitrogen and oxygen atoms in total. The molecule has 0 amide bonds. The third kappa shape index (κ3) is 12.4. The molecule has 11 heavy (non-hydrogen) atoms. The van der Waals surface area contributed by atoms with Crippen LogP contribution in [0, 0.1) is 0 Å². The highest BCUT2D eigenvalue weighted by Gasteiger charge is 1.95. The number of hydrogen-bond acceptors (Lipinski definition) is 2.